The summed E-state index contributed by atoms with van der Waals surface area (Å²) in [7, 11) is 1.90. The first-order chi connectivity index (χ1) is 22.8. The van der Waals surface area contributed by atoms with Crippen LogP contribution in [0.4, 0.5) is 35.3 Å². The van der Waals surface area contributed by atoms with Crippen LogP contribution < -0.4 is 28.1 Å². The number of nitrogens with zero attached hydrogens (tertiary/aromatic N) is 5. The van der Waals surface area contributed by atoms with Crippen molar-refractivity contribution >= 4 is 55.8 Å². The molecule has 0 fully saturated rings. The zero-order chi connectivity index (χ0) is 36.2. The van der Waals surface area contributed by atoms with Gasteiger partial charge in [0.2, 0.25) is 11.9 Å². The van der Waals surface area contributed by atoms with E-state index in [4.69, 9.17) is 27.0 Å². The first-order valence-electron chi connectivity index (χ1n) is 14.9. The van der Waals surface area contributed by atoms with E-state index in [1.807, 2.05) is 23.0 Å². The number of anilines is 3. The number of pyridine rings is 2. The average Bonchev–Trinajstić information content (AvgIpc) is 3.05. The zero-order valence-corrected chi connectivity index (χ0v) is 27.8. The van der Waals surface area contributed by atoms with Crippen LogP contribution in [0.25, 0.3) is 22.1 Å². The Balaban J connectivity index is 0.000000376. The predicted octanol–water partition coefficient (Wildman–Crippen LogP) is 2.75. The predicted molar refractivity (Wildman–Crippen MR) is 181 cm³/mol. The third-order valence-corrected chi connectivity index (χ3v) is 6.41. The second kappa shape index (κ2) is 22.6. The fourth-order valence-electron chi connectivity index (χ4n) is 3.95. The molecule has 0 saturated carbocycles. The number of aliphatic hydroxyl groups is 2. The molecular weight excluding hydrogens is 658 g/mol. The molecule has 0 bridgehead atoms. The van der Waals surface area contributed by atoms with Crippen LogP contribution in [0.5, 0.6) is 0 Å². The van der Waals surface area contributed by atoms with E-state index in [2.05, 4.69) is 35.2 Å². The molecule has 3 unspecified atom stereocenters. The first-order valence-corrected chi connectivity index (χ1v) is 15.6. The number of nitrogens with two attached hydrogens (primary N) is 3. The number of H-pyrrole nitrogens is 1. The molecule has 20 heteroatoms. The minimum atomic E-state index is -1.17. The van der Waals surface area contributed by atoms with Crippen molar-refractivity contribution in [2.24, 2.45) is 5.73 Å². The van der Waals surface area contributed by atoms with Crippen molar-refractivity contribution in [3.63, 3.8) is 0 Å². The van der Waals surface area contributed by atoms with E-state index >= 15 is 0 Å². The number of fused-ring (bicyclic) bond motifs is 2. The van der Waals surface area contributed by atoms with E-state index in [0.717, 1.165) is 44.1 Å². The van der Waals surface area contributed by atoms with E-state index in [0.29, 0.717) is 25.2 Å². The summed E-state index contributed by atoms with van der Waals surface area (Å²) in [6.45, 7) is 3.10. The maximum atomic E-state index is 13.2. The summed E-state index contributed by atoms with van der Waals surface area (Å²) < 4.78 is 59.2. The quantitative estimate of drug-likeness (QED) is 0.0639. The Kier molecular flexibility index (Phi) is 19.8. The third kappa shape index (κ3) is 14.5. The molecule has 4 heterocycles. The molecular formula is C28H42BF4N10O4P. The van der Waals surface area contributed by atoms with E-state index in [1.54, 1.807) is 0 Å². The summed E-state index contributed by atoms with van der Waals surface area (Å²) in [6, 6.07) is 1.38. The van der Waals surface area contributed by atoms with E-state index < -0.39 is 48.8 Å². The molecule has 10 N–H and O–H groups in total. The number of aliphatic hydroxyl groups excluding tert-OH is 2. The molecule has 0 aliphatic rings. The van der Waals surface area contributed by atoms with Crippen molar-refractivity contribution in [3.05, 3.63) is 46.5 Å². The summed E-state index contributed by atoms with van der Waals surface area (Å²) in [5.74, 6) is -0.930. The fourth-order valence-corrected chi connectivity index (χ4v) is 3.95. The Morgan fingerprint density at radius 3 is 1.98 bits per heavy atom. The number of aromatic nitrogens is 6. The van der Waals surface area contributed by atoms with Gasteiger partial charge in [0.25, 0.3) is 5.56 Å². The number of hydrogen-bond donors (Lipinski definition) is 7. The van der Waals surface area contributed by atoms with Gasteiger partial charge in [0.15, 0.2) is 11.3 Å². The molecule has 4 aromatic rings. The Morgan fingerprint density at radius 1 is 0.917 bits per heavy atom. The normalized spacial score (nSPS) is 13.0. The summed E-state index contributed by atoms with van der Waals surface area (Å²) in [5, 5.41) is 21.6. The number of hydrogen-bond acceptors (Lipinski definition) is 13. The Morgan fingerprint density at radius 2 is 1.44 bits per heavy atom. The van der Waals surface area contributed by atoms with Crippen LogP contribution in [-0.4, -0.2) is 84.6 Å². The van der Waals surface area contributed by atoms with Gasteiger partial charge < -0.3 is 32.7 Å². The van der Waals surface area contributed by atoms with Gasteiger partial charge in [-0.1, -0.05) is 39.5 Å². The second-order valence-corrected chi connectivity index (χ2v) is 10.5. The van der Waals surface area contributed by atoms with Crippen LogP contribution in [0.3, 0.4) is 0 Å². The van der Waals surface area contributed by atoms with Gasteiger partial charge in [0.05, 0.1) is 30.1 Å². The molecule has 0 radical (unpaired) electrons. The van der Waals surface area contributed by atoms with Crippen molar-refractivity contribution in [1.29, 1.82) is 0 Å². The van der Waals surface area contributed by atoms with Crippen LogP contribution >= 0.6 is 9.12 Å². The molecule has 0 amide bonds. The van der Waals surface area contributed by atoms with E-state index in [-0.39, 0.29) is 40.3 Å². The summed E-state index contributed by atoms with van der Waals surface area (Å²) >= 11 is 0. The first kappa shape index (κ1) is 42.1. The van der Waals surface area contributed by atoms with E-state index in [1.165, 1.54) is 6.07 Å². The van der Waals surface area contributed by atoms with E-state index in [9.17, 15) is 27.5 Å². The molecule has 4 rings (SSSR count). The number of unbranched alkanes of at least 4 members (excludes halogenated alkanes) is 2. The number of halogens is 4. The van der Waals surface area contributed by atoms with Gasteiger partial charge in [-0.3, -0.25) is 9.78 Å². The van der Waals surface area contributed by atoms with Gasteiger partial charge in [-0.15, -0.1) is 0 Å². The monoisotopic (exact) mass is 700 g/mol. The molecule has 264 valence electrons. The maximum absolute atomic E-state index is 13.2. The van der Waals surface area contributed by atoms with Gasteiger partial charge >= 0.3 is 20.7 Å². The van der Waals surface area contributed by atoms with Crippen LogP contribution in [-0.2, 0) is 4.70 Å². The number of aromatic amines is 1. The summed E-state index contributed by atoms with van der Waals surface area (Å²) in [6.07, 6.45) is 4.85. The molecule has 0 aliphatic carbocycles. The third-order valence-electron chi connectivity index (χ3n) is 6.41. The zero-order valence-electron chi connectivity index (χ0n) is 26.6. The molecule has 48 heavy (non-hydrogen) atoms. The van der Waals surface area contributed by atoms with Gasteiger partial charge in [0, 0.05) is 18.2 Å². The van der Waals surface area contributed by atoms with Crippen molar-refractivity contribution < 1.29 is 32.5 Å². The van der Waals surface area contributed by atoms with Crippen molar-refractivity contribution in [3.8, 4) is 0 Å². The summed E-state index contributed by atoms with van der Waals surface area (Å²) in [4.78, 5) is 32.6. The van der Waals surface area contributed by atoms with Crippen LogP contribution in [0.1, 0.15) is 52.4 Å². The van der Waals surface area contributed by atoms with Gasteiger partial charge in [-0.05, 0) is 12.8 Å². The van der Waals surface area contributed by atoms with Gasteiger partial charge in [0.1, 0.15) is 42.1 Å². The Labute approximate surface area is 277 Å². The number of rotatable bonds is 12. The van der Waals surface area contributed by atoms with Crippen LogP contribution in [0.2, 0.25) is 0 Å². The minimum absolute atomic E-state index is 0.0496. The SMILES string of the molecule is CCCC[C@@H](N)C(O)CF.CCCC[C@@H](Nc1nc(N)nc2cc(F)cnc12)C(O)CF.Nc1nc2cc(F)cnc2c(=O)[nH]1.O=BP. The molecule has 14 nitrogen and oxygen atoms in total. The molecule has 0 saturated heterocycles. The number of nitrogens with one attached hydrogen (secondary N) is 2. The molecule has 0 aromatic carbocycles. The Hall–Kier alpha value is -3.93. The van der Waals surface area contributed by atoms with Crippen LogP contribution in [0.15, 0.2) is 29.3 Å². The topological polar surface area (TPSA) is 245 Å². The fraction of sp³-hybridized carbons (Fsp3) is 0.500. The number of alkyl halides is 2. The molecule has 0 aliphatic heterocycles. The second-order valence-electron chi connectivity index (χ2n) is 10.2. The molecule has 5 atom stereocenters. The van der Waals surface area contributed by atoms with Gasteiger partial charge in [-0.2, -0.15) is 4.98 Å². The van der Waals surface area contributed by atoms with Crippen molar-refractivity contribution in [2.75, 3.05) is 30.1 Å². The molecule has 0 spiro atoms. The molecule has 4 aromatic heterocycles. The summed E-state index contributed by atoms with van der Waals surface area (Å²) in [5.41, 5.74) is 16.6. The van der Waals surface area contributed by atoms with Gasteiger partial charge in [-0.25, -0.2) is 37.5 Å². The number of nitrogen functional groups attached to an aromatic ring is 2. The average molecular weight is 700 g/mol. The van der Waals surface area contributed by atoms with Crippen molar-refractivity contribution in [1.82, 2.24) is 29.9 Å². The van der Waals surface area contributed by atoms with Crippen molar-refractivity contribution in [2.45, 2.75) is 76.7 Å². The Bertz CT molecular complexity index is 1600. The van der Waals surface area contributed by atoms with Crippen LogP contribution in [0, 0.1) is 11.6 Å². The standard InChI is InChI=1S/C14H19F2N5O.C7H5FN4O.C7H16FNO.BH2OP/c1-2-3-4-9(11(22)6-15)19-13-12-10(20-14(17)21-13)5-8(16)7-18-12;8-3-1-4-5(10-2-3)6(13)12-7(9)11-4;1-2-3-4-6(9)7(10)5-8;2-1-3/h5,7,9,11,22H,2-4,6H2,1H3,(H3,17,19,20,21);1-2H,(H3,9,11,12,13);6-7,10H,2-5,9H2,1H3;3H2/t9-,11?;;6-,7?;/m1.1./s1.